The van der Waals surface area contributed by atoms with Crippen LogP contribution in [0.2, 0.25) is 5.02 Å². The molecule has 3 rings (SSSR count). The Balaban J connectivity index is 1.34. The van der Waals surface area contributed by atoms with Gasteiger partial charge in [-0.2, -0.15) is 0 Å². The third kappa shape index (κ3) is 6.54. The van der Waals surface area contributed by atoms with Crippen LogP contribution >= 0.6 is 27.5 Å². The summed E-state index contributed by atoms with van der Waals surface area (Å²) in [6.45, 7) is 0.792. The first-order valence-electron chi connectivity index (χ1n) is 8.90. The summed E-state index contributed by atoms with van der Waals surface area (Å²) in [7, 11) is 0. The van der Waals surface area contributed by atoms with Gasteiger partial charge in [-0.25, -0.2) is 4.79 Å². The molecule has 29 heavy (non-hydrogen) atoms. The Labute approximate surface area is 181 Å². The molecule has 9 heteroatoms. The Kier molecular flexibility index (Phi) is 7.60. The second kappa shape index (κ2) is 10.4. The van der Waals surface area contributed by atoms with Crippen LogP contribution < -0.4 is 19.5 Å². The molecule has 0 spiro atoms. The molecule has 0 radical (unpaired) electrons. The van der Waals surface area contributed by atoms with E-state index >= 15 is 0 Å². The fraction of sp³-hybridized carbons (Fsp3) is 0.300. The van der Waals surface area contributed by atoms with E-state index in [4.69, 9.17) is 30.5 Å². The van der Waals surface area contributed by atoms with Crippen molar-refractivity contribution in [1.29, 1.82) is 0 Å². The van der Waals surface area contributed by atoms with Crippen molar-refractivity contribution in [1.82, 2.24) is 5.32 Å². The van der Waals surface area contributed by atoms with Crippen LogP contribution in [0.1, 0.15) is 5.56 Å². The van der Waals surface area contributed by atoms with Gasteiger partial charge in [0.05, 0.1) is 4.47 Å². The first-order chi connectivity index (χ1) is 14.0. The van der Waals surface area contributed by atoms with Crippen LogP contribution in [-0.2, 0) is 20.7 Å². The summed E-state index contributed by atoms with van der Waals surface area (Å²) in [5.74, 6) is 0.859. The average Bonchev–Trinajstić information content (AvgIpc) is 2.71. The highest BCUT2D eigenvalue weighted by molar-refractivity contribution is 9.10. The summed E-state index contributed by atoms with van der Waals surface area (Å²) in [6.07, 6.45) is 0.615. The standard InChI is InChI=1S/C20H19BrClNO6/c21-15-10-14(22)2-4-16(15)28-12-20(25)29-11-19(24)23-6-5-13-1-3-17-18(9-13)27-8-7-26-17/h1-4,9-10H,5-8,11-12H2,(H,23,24). The van der Waals surface area contributed by atoms with Crippen LogP contribution in [0.3, 0.4) is 0 Å². The quantitative estimate of drug-likeness (QED) is 0.580. The Morgan fingerprint density at radius 3 is 2.66 bits per heavy atom. The van der Waals surface area contributed by atoms with E-state index in [1.165, 1.54) is 0 Å². The van der Waals surface area contributed by atoms with Crippen LogP contribution in [0.4, 0.5) is 0 Å². The minimum atomic E-state index is -0.645. The Hall–Kier alpha value is -2.45. The van der Waals surface area contributed by atoms with E-state index in [1.807, 2.05) is 18.2 Å². The summed E-state index contributed by atoms with van der Waals surface area (Å²) in [6, 6.07) is 10.6. The van der Waals surface area contributed by atoms with Crippen molar-refractivity contribution in [3.63, 3.8) is 0 Å². The minimum Gasteiger partial charge on any atom is -0.486 e. The van der Waals surface area contributed by atoms with Gasteiger partial charge in [-0.05, 0) is 58.2 Å². The van der Waals surface area contributed by atoms with Gasteiger partial charge < -0.3 is 24.3 Å². The molecule has 1 aliphatic heterocycles. The lowest BCUT2D eigenvalue weighted by atomic mass is 10.1. The second-order valence-electron chi connectivity index (χ2n) is 6.10. The van der Waals surface area contributed by atoms with Crippen LogP contribution in [0.15, 0.2) is 40.9 Å². The number of hydrogen-bond acceptors (Lipinski definition) is 6. The lowest BCUT2D eigenvalue weighted by Gasteiger charge is -2.18. The number of carbonyl (C=O) groups excluding carboxylic acids is 2. The molecule has 2 aromatic rings. The predicted molar refractivity (Wildman–Crippen MR) is 110 cm³/mol. The van der Waals surface area contributed by atoms with E-state index in [-0.39, 0.29) is 19.1 Å². The summed E-state index contributed by atoms with van der Waals surface area (Å²) < 4.78 is 21.9. The maximum absolute atomic E-state index is 11.8. The highest BCUT2D eigenvalue weighted by Gasteiger charge is 2.12. The fourth-order valence-electron chi connectivity index (χ4n) is 2.56. The largest absolute Gasteiger partial charge is 0.486 e. The van der Waals surface area contributed by atoms with Crippen molar-refractivity contribution in [3.8, 4) is 17.2 Å². The third-order valence-corrected chi connectivity index (χ3v) is 4.80. The summed E-state index contributed by atoms with van der Waals surface area (Å²) in [4.78, 5) is 23.6. The molecule has 7 nitrogen and oxygen atoms in total. The normalized spacial score (nSPS) is 12.2. The maximum Gasteiger partial charge on any atom is 0.344 e. The molecule has 1 amide bonds. The van der Waals surface area contributed by atoms with E-state index in [2.05, 4.69) is 21.2 Å². The van der Waals surface area contributed by atoms with Crippen LogP contribution in [0.5, 0.6) is 17.2 Å². The van der Waals surface area contributed by atoms with E-state index in [1.54, 1.807) is 18.2 Å². The molecule has 1 N–H and O–H groups in total. The first kappa shape index (κ1) is 21.3. The molecule has 0 fully saturated rings. The number of halogens is 2. The molecule has 1 heterocycles. The van der Waals surface area contributed by atoms with E-state index in [0.29, 0.717) is 47.2 Å². The summed E-state index contributed by atoms with van der Waals surface area (Å²) in [5, 5.41) is 3.25. The number of esters is 1. The van der Waals surface area contributed by atoms with E-state index < -0.39 is 5.97 Å². The zero-order valence-electron chi connectivity index (χ0n) is 15.4. The molecule has 0 aliphatic carbocycles. The highest BCUT2D eigenvalue weighted by atomic mass is 79.9. The molecular weight excluding hydrogens is 466 g/mol. The molecule has 1 aliphatic rings. The number of ether oxygens (including phenoxy) is 4. The molecule has 0 saturated heterocycles. The number of fused-ring (bicyclic) bond motifs is 1. The zero-order chi connectivity index (χ0) is 20.6. The minimum absolute atomic E-state index is 0.315. The first-order valence-corrected chi connectivity index (χ1v) is 10.1. The van der Waals surface area contributed by atoms with Gasteiger partial charge in [0.1, 0.15) is 19.0 Å². The van der Waals surface area contributed by atoms with Crippen LogP contribution in [-0.4, -0.2) is 44.8 Å². The molecule has 0 unspecified atom stereocenters. The van der Waals surface area contributed by atoms with Crippen LogP contribution in [0.25, 0.3) is 0 Å². The topological polar surface area (TPSA) is 83.1 Å². The van der Waals surface area contributed by atoms with Gasteiger partial charge in [-0.1, -0.05) is 17.7 Å². The molecule has 0 bridgehead atoms. The van der Waals surface area contributed by atoms with E-state index in [9.17, 15) is 9.59 Å². The molecule has 0 aromatic heterocycles. The molecule has 2 aromatic carbocycles. The third-order valence-electron chi connectivity index (χ3n) is 3.95. The Morgan fingerprint density at radius 1 is 1.07 bits per heavy atom. The molecule has 0 atom stereocenters. The molecule has 154 valence electrons. The number of rotatable bonds is 8. The molecule has 0 saturated carbocycles. The van der Waals surface area contributed by atoms with Gasteiger partial charge in [0.15, 0.2) is 24.7 Å². The number of benzene rings is 2. The Morgan fingerprint density at radius 2 is 1.86 bits per heavy atom. The highest BCUT2D eigenvalue weighted by Crippen LogP contribution is 2.30. The molecular formula is C20H19BrClNO6. The number of amides is 1. The van der Waals surface area contributed by atoms with Gasteiger partial charge >= 0.3 is 5.97 Å². The lowest BCUT2D eigenvalue weighted by molar-refractivity contribution is -0.150. The van der Waals surface area contributed by atoms with Gasteiger partial charge in [-0.3, -0.25) is 4.79 Å². The van der Waals surface area contributed by atoms with Gasteiger partial charge in [0, 0.05) is 11.6 Å². The van der Waals surface area contributed by atoms with Crippen LogP contribution in [0, 0.1) is 0 Å². The van der Waals surface area contributed by atoms with Crippen molar-refractivity contribution < 1.29 is 28.5 Å². The van der Waals surface area contributed by atoms with Gasteiger partial charge in [0.2, 0.25) is 0 Å². The summed E-state index contributed by atoms with van der Waals surface area (Å²) in [5.41, 5.74) is 1.01. The zero-order valence-corrected chi connectivity index (χ0v) is 17.8. The smallest absolute Gasteiger partial charge is 0.344 e. The number of carbonyl (C=O) groups is 2. The SMILES string of the molecule is O=C(COC(=O)COc1ccc(Cl)cc1Br)NCCc1ccc2c(c1)OCCO2. The van der Waals surface area contributed by atoms with Crippen molar-refractivity contribution in [2.75, 3.05) is 33.0 Å². The van der Waals surface area contributed by atoms with Crippen molar-refractivity contribution in [3.05, 3.63) is 51.5 Å². The Bertz CT molecular complexity index is 891. The number of hydrogen-bond donors (Lipinski definition) is 1. The predicted octanol–water partition coefficient (Wildman–Crippen LogP) is 3.15. The monoisotopic (exact) mass is 483 g/mol. The second-order valence-corrected chi connectivity index (χ2v) is 7.39. The van der Waals surface area contributed by atoms with Crippen molar-refractivity contribution in [2.45, 2.75) is 6.42 Å². The fourth-order valence-corrected chi connectivity index (χ4v) is 3.35. The lowest BCUT2D eigenvalue weighted by Crippen LogP contribution is -2.31. The van der Waals surface area contributed by atoms with Gasteiger partial charge in [-0.15, -0.1) is 0 Å². The van der Waals surface area contributed by atoms with E-state index in [0.717, 1.165) is 11.3 Å². The average molecular weight is 485 g/mol. The van der Waals surface area contributed by atoms with Crippen molar-refractivity contribution in [2.24, 2.45) is 0 Å². The maximum atomic E-state index is 11.8. The summed E-state index contributed by atoms with van der Waals surface area (Å²) >= 11 is 9.13. The van der Waals surface area contributed by atoms with Gasteiger partial charge in [0.25, 0.3) is 5.91 Å². The van der Waals surface area contributed by atoms with Crippen molar-refractivity contribution >= 4 is 39.4 Å². The number of nitrogens with one attached hydrogen (secondary N) is 1.